The van der Waals surface area contributed by atoms with Gasteiger partial charge in [0.25, 0.3) is 5.91 Å². The molecule has 0 aliphatic rings. The van der Waals surface area contributed by atoms with Gasteiger partial charge in [-0.1, -0.05) is 6.07 Å². The highest BCUT2D eigenvalue weighted by Gasteiger charge is 2.18. The lowest BCUT2D eigenvalue weighted by atomic mass is 10.1. The zero-order valence-corrected chi connectivity index (χ0v) is 17.9. The van der Waals surface area contributed by atoms with Crippen LogP contribution in [0.1, 0.15) is 15.9 Å². The number of aliphatic hydroxyl groups excluding tert-OH is 1. The van der Waals surface area contributed by atoms with Gasteiger partial charge in [-0.3, -0.25) is 9.59 Å². The number of carbonyl (C=O) groups excluding carboxylic acids is 2. The first-order chi connectivity index (χ1) is 15.0. The van der Waals surface area contributed by atoms with Gasteiger partial charge in [0.15, 0.2) is 23.0 Å². The highest BCUT2D eigenvalue weighted by atomic mass is 16.5. The molecule has 0 aliphatic heterocycles. The van der Waals surface area contributed by atoms with E-state index >= 15 is 0 Å². The maximum atomic E-state index is 12.5. The molecule has 0 saturated carbocycles. The predicted molar refractivity (Wildman–Crippen MR) is 116 cm³/mol. The second-order valence-electron chi connectivity index (χ2n) is 6.17. The molecule has 0 aliphatic carbocycles. The predicted octanol–water partition coefficient (Wildman–Crippen LogP) is 2.09. The summed E-state index contributed by atoms with van der Waals surface area (Å²) in [4.78, 5) is 25.0. The normalized spacial score (nSPS) is 10.5. The maximum absolute atomic E-state index is 12.5. The smallest absolute Gasteiger partial charge is 0.253 e. The Labute approximate surface area is 180 Å². The summed E-state index contributed by atoms with van der Waals surface area (Å²) >= 11 is 0. The third-order valence-electron chi connectivity index (χ3n) is 4.26. The van der Waals surface area contributed by atoms with Crippen LogP contribution in [0.4, 0.5) is 5.69 Å². The number of hydrogen-bond donors (Lipinski definition) is 3. The fourth-order valence-corrected chi connectivity index (χ4v) is 2.74. The van der Waals surface area contributed by atoms with Crippen LogP contribution in [-0.2, 0) is 4.79 Å². The van der Waals surface area contributed by atoms with E-state index in [1.54, 1.807) is 24.3 Å². The molecule has 9 heteroatoms. The van der Waals surface area contributed by atoms with Crippen LogP contribution in [0.5, 0.6) is 23.0 Å². The number of amides is 2. The fourth-order valence-electron chi connectivity index (χ4n) is 2.74. The van der Waals surface area contributed by atoms with Crippen molar-refractivity contribution in [1.29, 1.82) is 0 Å². The van der Waals surface area contributed by atoms with Crippen LogP contribution < -0.4 is 29.6 Å². The van der Waals surface area contributed by atoms with Crippen LogP contribution in [0.25, 0.3) is 6.08 Å². The van der Waals surface area contributed by atoms with Crippen molar-refractivity contribution < 1.29 is 33.6 Å². The number of aliphatic hydroxyl groups is 1. The molecule has 0 spiro atoms. The number of rotatable bonds is 10. The first kappa shape index (κ1) is 23.6. The van der Waals surface area contributed by atoms with E-state index in [2.05, 4.69) is 10.6 Å². The quantitative estimate of drug-likeness (QED) is 0.495. The number of ether oxygens (including phenoxy) is 4. The van der Waals surface area contributed by atoms with E-state index in [9.17, 15) is 9.59 Å². The molecule has 31 heavy (non-hydrogen) atoms. The van der Waals surface area contributed by atoms with Crippen molar-refractivity contribution in [2.45, 2.75) is 0 Å². The molecule has 0 aromatic heterocycles. The van der Waals surface area contributed by atoms with E-state index in [4.69, 9.17) is 24.1 Å². The molecule has 2 aromatic rings. The number of anilines is 1. The Balaban J connectivity index is 2.28. The zero-order valence-electron chi connectivity index (χ0n) is 17.9. The monoisotopic (exact) mass is 430 g/mol. The molecule has 0 saturated heterocycles. The highest BCUT2D eigenvalue weighted by molar-refractivity contribution is 6.08. The van der Waals surface area contributed by atoms with Crippen LogP contribution in [0.3, 0.4) is 0 Å². The summed E-state index contributed by atoms with van der Waals surface area (Å²) in [6.07, 6.45) is 2.93. The summed E-state index contributed by atoms with van der Waals surface area (Å²) in [6.45, 7) is -0.144. The average Bonchev–Trinajstić information content (AvgIpc) is 2.80. The third kappa shape index (κ3) is 6.13. The SMILES string of the molecule is COc1ccc(C=CC(=O)Nc2cc(OC)c(OC)cc2C(=O)NCCO)cc1OC. The lowest BCUT2D eigenvalue weighted by molar-refractivity contribution is -0.111. The lowest BCUT2D eigenvalue weighted by Crippen LogP contribution is -2.27. The fraction of sp³-hybridized carbons (Fsp3) is 0.273. The van der Waals surface area contributed by atoms with Gasteiger partial charge in [-0.05, 0) is 29.8 Å². The number of nitrogens with one attached hydrogen (secondary N) is 2. The van der Waals surface area contributed by atoms with Crippen molar-refractivity contribution in [3.05, 3.63) is 47.5 Å². The van der Waals surface area contributed by atoms with Gasteiger partial charge in [0.2, 0.25) is 5.91 Å². The molecule has 0 unspecified atom stereocenters. The minimum Gasteiger partial charge on any atom is -0.493 e. The molecule has 0 fully saturated rings. The van der Waals surface area contributed by atoms with Crippen molar-refractivity contribution in [3.63, 3.8) is 0 Å². The Morgan fingerprint density at radius 2 is 1.52 bits per heavy atom. The Kier molecular flexibility index (Phi) is 8.71. The molecule has 3 N–H and O–H groups in total. The van der Waals surface area contributed by atoms with Gasteiger partial charge in [0.1, 0.15) is 0 Å². The van der Waals surface area contributed by atoms with Crippen molar-refractivity contribution in [3.8, 4) is 23.0 Å². The first-order valence-electron chi connectivity index (χ1n) is 9.33. The minimum absolute atomic E-state index is 0.0692. The molecular formula is C22H26N2O7. The van der Waals surface area contributed by atoms with Crippen molar-refractivity contribution in [2.24, 2.45) is 0 Å². The Hall–Kier alpha value is -3.72. The van der Waals surface area contributed by atoms with Gasteiger partial charge in [0.05, 0.1) is 46.3 Å². The van der Waals surface area contributed by atoms with Crippen LogP contribution in [0.15, 0.2) is 36.4 Å². The molecule has 2 aromatic carbocycles. The third-order valence-corrected chi connectivity index (χ3v) is 4.26. The van der Waals surface area contributed by atoms with Gasteiger partial charge in [-0.25, -0.2) is 0 Å². The average molecular weight is 430 g/mol. The molecule has 9 nitrogen and oxygen atoms in total. The minimum atomic E-state index is -0.478. The first-order valence-corrected chi connectivity index (χ1v) is 9.33. The Bertz CT molecular complexity index is 957. The molecule has 0 radical (unpaired) electrons. The Morgan fingerprint density at radius 3 is 2.13 bits per heavy atom. The van der Waals surface area contributed by atoms with Crippen LogP contribution in [0.2, 0.25) is 0 Å². The molecule has 0 bridgehead atoms. The lowest BCUT2D eigenvalue weighted by Gasteiger charge is -2.15. The van der Waals surface area contributed by atoms with Crippen molar-refractivity contribution in [1.82, 2.24) is 5.32 Å². The molecule has 2 rings (SSSR count). The van der Waals surface area contributed by atoms with Crippen LogP contribution in [0, 0.1) is 0 Å². The van der Waals surface area contributed by atoms with Gasteiger partial charge in [-0.15, -0.1) is 0 Å². The van der Waals surface area contributed by atoms with Crippen molar-refractivity contribution in [2.75, 3.05) is 46.9 Å². The Morgan fingerprint density at radius 1 is 0.903 bits per heavy atom. The molecule has 166 valence electrons. The van der Waals surface area contributed by atoms with E-state index in [0.717, 1.165) is 5.56 Å². The van der Waals surface area contributed by atoms with E-state index in [0.29, 0.717) is 23.0 Å². The number of benzene rings is 2. The second-order valence-corrected chi connectivity index (χ2v) is 6.17. The molecular weight excluding hydrogens is 404 g/mol. The summed E-state index contributed by atoms with van der Waals surface area (Å²) < 4.78 is 20.9. The molecule has 2 amide bonds. The summed E-state index contributed by atoms with van der Waals surface area (Å²) in [5.74, 6) is 0.851. The zero-order chi connectivity index (χ0) is 22.8. The standard InChI is InChI=1S/C22H26N2O7/c1-28-17-7-5-14(11-18(17)29-2)6-8-21(26)24-16-13-20(31-4)19(30-3)12-15(16)22(27)23-9-10-25/h5-8,11-13,25H,9-10H2,1-4H3,(H,23,27)(H,24,26). The summed E-state index contributed by atoms with van der Waals surface area (Å²) in [5, 5.41) is 14.2. The van der Waals surface area contributed by atoms with Gasteiger partial charge in [-0.2, -0.15) is 0 Å². The van der Waals surface area contributed by atoms with Gasteiger partial charge in [0, 0.05) is 18.7 Å². The van der Waals surface area contributed by atoms with Crippen molar-refractivity contribution >= 4 is 23.6 Å². The van der Waals surface area contributed by atoms with E-state index < -0.39 is 11.8 Å². The number of carbonyl (C=O) groups is 2. The second kappa shape index (κ2) is 11.5. The highest BCUT2D eigenvalue weighted by Crippen LogP contribution is 2.33. The summed E-state index contributed by atoms with van der Waals surface area (Å²) in [7, 11) is 5.96. The van der Waals surface area contributed by atoms with E-state index in [1.807, 2.05) is 0 Å². The number of hydrogen-bond acceptors (Lipinski definition) is 7. The summed E-state index contributed by atoms with van der Waals surface area (Å²) in [6, 6.07) is 8.19. The molecule has 0 atom stereocenters. The number of methoxy groups -OCH3 is 4. The molecule has 0 heterocycles. The van der Waals surface area contributed by atoms with E-state index in [-0.39, 0.29) is 24.4 Å². The van der Waals surface area contributed by atoms with Gasteiger partial charge < -0.3 is 34.7 Å². The van der Waals surface area contributed by atoms with E-state index in [1.165, 1.54) is 46.6 Å². The maximum Gasteiger partial charge on any atom is 0.253 e. The van der Waals surface area contributed by atoms with Gasteiger partial charge >= 0.3 is 0 Å². The summed E-state index contributed by atoms with van der Waals surface area (Å²) in [5.41, 5.74) is 1.12. The van der Waals surface area contributed by atoms with Crippen LogP contribution >= 0.6 is 0 Å². The topological polar surface area (TPSA) is 115 Å². The largest absolute Gasteiger partial charge is 0.493 e. The van der Waals surface area contributed by atoms with Crippen LogP contribution in [-0.4, -0.2) is 58.5 Å².